The average molecular weight is 412 g/mol. The van der Waals surface area contributed by atoms with Crippen molar-refractivity contribution in [3.05, 3.63) is 52.3 Å². The quantitative estimate of drug-likeness (QED) is 0.820. The van der Waals surface area contributed by atoms with Crippen LogP contribution in [-0.4, -0.2) is 29.7 Å². The maximum absolute atomic E-state index is 11.8. The normalized spacial score (nSPS) is 24.1. The van der Waals surface area contributed by atoms with Crippen molar-refractivity contribution in [3.63, 3.8) is 0 Å². The van der Waals surface area contributed by atoms with E-state index in [0.29, 0.717) is 13.0 Å². The molecule has 5 nitrogen and oxygen atoms in total. The van der Waals surface area contributed by atoms with E-state index in [1.54, 1.807) is 0 Å². The van der Waals surface area contributed by atoms with Crippen LogP contribution >= 0.6 is 15.9 Å². The van der Waals surface area contributed by atoms with Gasteiger partial charge in [0, 0.05) is 28.8 Å². The van der Waals surface area contributed by atoms with Crippen LogP contribution in [0.3, 0.4) is 0 Å². The minimum Gasteiger partial charge on any atom is -0.306 e. The summed E-state index contributed by atoms with van der Waals surface area (Å²) in [6.45, 7) is 4.77. The molecule has 1 aromatic heterocycles. The Labute approximate surface area is 151 Å². The number of halogens is 1. The lowest BCUT2D eigenvalue weighted by Crippen LogP contribution is -2.31. The number of rotatable bonds is 5. The maximum Gasteiger partial charge on any atom is 0.152 e. The number of benzene rings is 1. The first-order valence-electron chi connectivity index (χ1n) is 8.01. The lowest BCUT2D eigenvalue weighted by Gasteiger charge is -2.22. The molecule has 1 saturated heterocycles. The summed E-state index contributed by atoms with van der Waals surface area (Å²) in [6.07, 6.45) is 4.40. The Morgan fingerprint density at radius 1 is 1.42 bits per heavy atom. The van der Waals surface area contributed by atoms with Crippen molar-refractivity contribution in [1.82, 2.24) is 15.1 Å². The van der Waals surface area contributed by atoms with E-state index < -0.39 is 15.4 Å². The molecule has 0 amide bonds. The van der Waals surface area contributed by atoms with Gasteiger partial charge in [0.15, 0.2) is 9.84 Å². The molecule has 1 fully saturated rings. The Hall–Kier alpha value is -1.18. The SMILES string of the molecule is CC(NCc1cnn(C2(C)CCS(=O)(=O)C2)c1)c1ccccc1Br. The molecule has 7 heteroatoms. The molecular formula is C17H22BrN3O2S. The van der Waals surface area contributed by atoms with Gasteiger partial charge in [-0.1, -0.05) is 34.1 Å². The van der Waals surface area contributed by atoms with Gasteiger partial charge in [-0.25, -0.2) is 8.42 Å². The maximum atomic E-state index is 11.8. The largest absolute Gasteiger partial charge is 0.306 e. The fourth-order valence-electron chi connectivity index (χ4n) is 3.13. The predicted molar refractivity (Wildman–Crippen MR) is 98.5 cm³/mol. The smallest absolute Gasteiger partial charge is 0.152 e. The van der Waals surface area contributed by atoms with Gasteiger partial charge in [-0.2, -0.15) is 5.10 Å². The minimum absolute atomic E-state index is 0.169. The zero-order chi connectivity index (χ0) is 17.4. The summed E-state index contributed by atoms with van der Waals surface area (Å²) in [7, 11) is -2.94. The number of nitrogens with zero attached hydrogens (tertiary/aromatic N) is 2. The second-order valence-corrected chi connectivity index (χ2v) is 9.79. The molecule has 130 valence electrons. The molecule has 2 unspecified atom stereocenters. The number of hydrogen-bond donors (Lipinski definition) is 1. The Morgan fingerprint density at radius 2 is 2.17 bits per heavy atom. The van der Waals surface area contributed by atoms with Crippen LogP contribution in [0.5, 0.6) is 0 Å². The van der Waals surface area contributed by atoms with E-state index in [1.165, 1.54) is 5.56 Å². The molecule has 1 aromatic carbocycles. The third-order valence-electron chi connectivity index (χ3n) is 4.66. The van der Waals surface area contributed by atoms with Gasteiger partial charge in [-0.15, -0.1) is 0 Å². The zero-order valence-electron chi connectivity index (χ0n) is 13.9. The summed E-state index contributed by atoms with van der Waals surface area (Å²) in [5, 5.41) is 7.89. The van der Waals surface area contributed by atoms with Gasteiger partial charge >= 0.3 is 0 Å². The molecular weight excluding hydrogens is 390 g/mol. The lowest BCUT2D eigenvalue weighted by atomic mass is 10.0. The number of nitrogens with one attached hydrogen (secondary N) is 1. The van der Waals surface area contributed by atoms with E-state index >= 15 is 0 Å². The standard InChI is InChI=1S/C17H22BrN3O2S/c1-13(15-5-3-4-6-16(15)18)19-9-14-10-20-21(11-14)17(2)7-8-24(22,23)12-17/h3-6,10-11,13,19H,7-9,12H2,1-2H3. The molecule has 1 N–H and O–H groups in total. The fourth-order valence-corrected chi connectivity index (χ4v) is 5.88. The number of hydrogen-bond acceptors (Lipinski definition) is 4. The van der Waals surface area contributed by atoms with Crippen molar-refractivity contribution in [2.45, 2.75) is 38.4 Å². The second-order valence-electron chi connectivity index (χ2n) is 6.76. The van der Waals surface area contributed by atoms with Crippen LogP contribution in [0.15, 0.2) is 41.1 Å². The van der Waals surface area contributed by atoms with E-state index in [2.05, 4.69) is 39.3 Å². The number of aromatic nitrogens is 2. The molecule has 0 radical (unpaired) electrons. The minimum atomic E-state index is -2.94. The van der Waals surface area contributed by atoms with Gasteiger partial charge < -0.3 is 5.32 Å². The van der Waals surface area contributed by atoms with Crippen LogP contribution in [0.4, 0.5) is 0 Å². The van der Waals surface area contributed by atoms with E-state index in [4.69, 9.17) is 0 Å². The highest BCUT2D eigenvalue weighted by atomic mass is 79.9. The Bertz CT molecular complexity index is 834. The summed E-state index contributed by atoms with van der Waals surface area (Å²) < 4.78 is 26.4. The molecule has 2 heterocycles. The molecule has 0 saturated carbocycles. The molecule has 0 bridgehead atoms. The van der Waals surface area contributed by atoms with Crippen LogP contribution in [0.25, 0.3) is 0 Å². The summed E-state index contributed by atoms with van der Waals surface area (Å²) in [4.78, 5) is 0. The third kappa shape index (κ3) is 3.73. The van der Waals surface area contributed by atoms with Crippen LogP contribution < -0.4 is 5.32 Å². The van der Waals surface area contributed by atoms with Crippen molar-refractivity contribution in [3.8, 4) is 0 Å². The van der Waals surface area contributed by atoms with Gasteiger partial charge in [0.05, 0.1) is 23.2 Å². The monoisotopic (exact) mass is 411 g/mol. The highest BCUT2D eigenvalue weighted by Gasteiger charge is 2.40. The van der Waals surface area contributed by atoms with Gasteiger partial charge in [0.1, 0.15) is 0 Å². The summed E-state index contributed by atoms with van der Waals surface area (Å²) in [6, 6.07) is 8.35. The van der Waals surface area contributed by atoms with Gasteiger partial charge in [-0.3, -0.25) is 4.68 Å². The first-order chi connectivity index (χ1) is 11.3. The van der Waals surface area contributed by atoms with Crippen molar-refractivity contribution < 1.29 is 8.42 Å². The van der Waals surface area contributed by atoms with E-state index in [1.807, 2.05) is 42.2 Å². The van der Waals surface area contributed by atoms with E-state index in [-0.39, 0.29) is 17.5 Å². The molecule has 1 aliphatic heterocycles. The molecule has 2 aromatic rings. The highest BCUT2D eigenvalue weighted by molar-refractivity contribution is 9.10. The van der Waals surface area contributed by atoms with Crippen LogP contribution in [0.1, 0.15) is 37.4 Å². The Kier molecular flexibility index (Phi) is 4.86. The summed E-state index contributed by atoms with van der Waals surface area (Å²) >= 11 is 3.58. The van der Waals surface area contributed by atoms with Crippen LogP contribution in [0, 0.1) is 0 Å². The van der Waals surface area contributed by atoms with Crippen LogP contribution in [0.2, 0.25) is 0 Å². The highest BCUT2D eigenvalue weighted by Crippen LogP contribution is 2.30. The first kappa shape index (κ1) is 17.6. The van der Waals surface area contributed by atoms with E-state index in [9.17, 15) is 8.42 Å². The van der Waals surface area contributed by atoms with Crippen LogP contribution in [-0.2, 0) is 21.9 Å². The van der Waals surface area contributed by atoms with Gasteiger partial charge in [0.2, 0.25) is 0 Å². The topological polar surface area (TPSA) is 64.0 Å². The van der Waals surface area contributed by atoms with Crippen molar-refractivity contribution in [1.29, 1.82) is 0 Å². The Morgan fingerprint density at radius 3 is 2.83 bits per heavy atom. The second kappa shape index (κ2) is 6.61. The zero-order valence-corrected chi connectivity index (χ0v) is 16.3. The van der Waals surface area contributed by atoms with E-state index in [0.717, 1.165) is 10.0 Å². The molecule has 2 atom stereocenters. The van der Waals surface area contributed by atoms with Crippen molar-refractivity contribution in [2.75, 3.05) is 11.5 Å². The summed E-state index contributed by atoms with van der Waals surface area (Å²) in [5.41, 5.74) is 1.84. The van der Waals surface area contributed by atoms with Crippen molar-refractivity contribution in [2.24, 2.45) is 0 Å². The van der Waals surface area contributed by atoms with Gasteiger partial charge in [-0.05, 0) is 31.9 Å². The van der Waals surface area contributed by atoms with Crippen molar-refractivity contribution >= 4 is 25.8 Å². The number of sulfone groups is 1. The third-order valence-corrected chi connectivity index (χ3v) is 7.27. The molecule has 3 rings (SSSR count). The molecule has 1 aliphatic rings. The van der Waals surface area contributed by atoms with Gasteiger partial charge in [0.25, 0.3) is 0 Å². The lowest BCUT2D eigenvalue weighted by molar-refractivity contribution is 0.328. The molecule has 0 spiro atoms. The Balaban J connectivity index is 1.66. The fraction of sp³-hybridized carbons (Fsp3) is 0.471. The molecule has 24 heavy (non-hydrogen) atoms. The summed E-state index contributed by atoms with van der Waals surface area (Å²) in [5.74, 6) is 0.415. The first-order valence-corrected chi connectivity index (χ1v) is 10.6. The molecule has 0 aliphatic carbocycles. The average Bonchev–Trinajstić information content (AvgIpc) is 3.11. The predicted octanol–water partition coefficient (Wildman–Crippen LogP) is 3.03.